The molecule has 0 heterocycles. The van der Waals surface area contributed by atoms with Gasteiger partial charge in [-0.15, -0.1) is 0 Å². The maximum Gasteiger partial charge on any atom is 0.306 e. The second-order valence-electron chi connectivity index (χ2n) is 4.88. The van der Waals surface area contributed by atoms with Gasteiger partial charge in [-0.05, 0) is 37.5 Å². The van der Waals surface area contributed by atoms with Crippen LogP contribution in [0.3, 0.4) is 0 Å². The van der Waals surface area contributed by atoms with Crippen molar-refractivity contribution in [1.29, 1.82) is 0 Å². The average Bonchev–Trinajstić information content (AvgIpc) is 2.39. The van der Waals surface area contributed by atoms with Crippen molar-refractivity contribution >= 4 is 11.9 Å². The van der Waals surface area contributed by atoms with Gasteiger partial charge in [-0.3, -0.25) is 9.59 Å². The molecule has 2 unspecified atom stereocenters. The van der Waals surface area contributed by atoms with Crippen molar-refractivity contribution in [3.8, 4) is 0 Å². The lowest BCUT2D eigenvalue weighted by molar-refractivity contribution is -0.143. The maximum absolute atomic E-state index is 13.0. The minimum Gasteiger partial charge on any atom is -0.481 e. The smallest absolute Gasteiger partial charge is 0.306 e. The molecule has 0 radical (unpaired) electrons. The van der Waals surface area contributed by atoms with E-state index in [0.29, 0.717) is 12.8 Å². The van der Waals surface area contributed by atoms with E-state index in [1.165, 1.54) is 24.3 Å². The fourth-order valence-electron chi connectivity index (χ4n) is 2.44. The van der Waals surface area contributed by atoms with Crippen molar-refractivity contribution in [3.05, 3.63) is 35.6 Å². The number of carboxylic acid groups (broad SMARTS) is 1. The summed E-state index contributed by atoms with van der Waals surface area (Å²) in [7, 11) is 0. The Balaban J connectivity index is 1.97. The third-order valence-corrected chi connectivity index (χ3v) is 3.45. The number of rotatable bonds is 3. The summed E-state index contributed by atoms with van der Waals surface area (Å²) in [6.45, 7) is 0. The van der Waals surface area contributed by atoms with Crippen molar-refractivity contribution in [2.75, 3.05) is 0 Å². The number of carbonyl (C=O) groups excluding carboxylic acids is 1. The number of nitrogens with one attached hydrogen (secondary N) is 1. The topological polar surface area (TPSA) is 66.4 Å². The van der Waals surface area contributed by atoms with Crippen LogP contribution >= 0.6 is 0 Å². The number of amides is 1. The zero-order valence-corrected chi connectivity index (χ0v) is 10.4. The first kappa shape index (κ1) is 13.5. The molecule has 2 atom stereocenters. The zero-order valence-electron chi connectivity index (χ0n) is 10.4. The van der Waals surface area contributed by atoms with Gasteiger partial charge in [0.2, 0.25) is 0 Å². The van der Waals surface area contributed by atoms with E-state index in [4.69, 9.17) is 5.11 Å². The summed E-state index contributed by atoms with van der Waals surface area (Å²) in [5.74, 6) is -2.02. The van der Waals surface area contributed by atoms with Crippen LogP contribution in [0.25, 0.3) is 0 Å². The summed E-state index contributed by atoms with van der Waals surface area (Å²) in [5, 5.41) is 11.8. The molecule has 0 aliphatic heterocycles. The van der Waals surface area contributed by atoms with E-state index < -0.39 is 17.7 Å². The van der Waals surface area contributed by atoms with Gasteiger partial charge in [0, 0.05) is 11.6 Å². The normalized spacial score (nSPS) is 22.8. The molecule has 2 rings (SSSR count). The molecule has 1 aliphatic rings. The molecular weight excluding hydrogens is 249 g/mol. The van der Waals surface area contributed by atoms with E-state index in [-0.39, 0.29) is 17.5 Å². The zero-order chi connectivity index (χ0) is 13.8. The number of carbonyl (C=O) groups is 2. The molecule has 1 aromatic rings. The van der Waals surface area contributed by atoms with E-state index in [9.17, 15) is 14.0 Å². The molecule has 0 aromatic heterocycles. The Morgan fingerprint density at radius 3 is 2.79 bits per heavy atom. The van der Waals surface area contributed by atoms with Gasteiger partial charge in [-0.2, -0.15) is 0 Å². The Hall–Kier alpha value is -1.91. The van der Waals surface area contributed by atoms with E-state index >= 15 is 0 Å². The lowest BCUT2D eigenvalue weighted by atomic mass is 9.85. The summed E-state index contributed by atoms with van der Waals surface area (Å²) < 4.78 is 13.0. The number of aliphatic carboxylic acids is 1. The molecule has 1 saturated carbocycles. The Morgan fingerprint density at radius 2 is 2.11 bits per heavy atom. The van der Waals surface area contributed by atoms with Gasteiger partial charge in [0.1, 0.15) is 5.82 Å². The van der Waals surface area contributed by atoms with Gasteiger partial charge in [0.15, 0.2) is 0 Å². The van der Waals surface area contributed by atoms with Crippen LogP contribution in [0.4, 0.5) is 4.39 Å². The molecule has 1 aliphatic carbocycles. The first-order chi connectivity index (χ1) is 9.06. The summed E-state index contributed by atoms with van der Waals surface area (Å²) >= 11 is 0. The minimum absolute atomic E-state index is 0.148. The van der Waals surface area contributed by atoms with Crippen LogP contribution in [-0.4, -0.2) is 23.0 Å². The predicted molar refractivity (Wildman–Crippen MR) is 67.2 cm³/mol. The van der Waals surface area contributed by atoms with E-state index in [0.717, 1.165) is 12.8 Å². The Kier molecular flexibility index (Phi) is 4.14. The lowest BCUT2D eigenvalue weighted by Gasteiger charge is -2.27. The van der Waals surface area contributed by atoms with Crippen LogP contribution in [-0.2, 0) is 4.79 Å². The molecule has 2 N–H and O–H groups in total. The third-order valence-electron chi connectivity index (χ3n) is 3.45. The molecular formula is C14H16FNO3. The van der Waals surface area contributed by atoms with Crippen LogP contribution in [0.1, 0.15) is 36.0 Å². The molecule has 19 heavy (non-hydrogen) atoms. The van der Waals surface area contributed by atoms with Crippen molar-refractivity contribution in [2.24, 2.45) is 5.92 Å². The highest BCUT2D eigenvalue weighted by Crippen LogP contribution is 2.24. The van der Waals surface area contributed by atoms with Gasteiger partial charge < -0.3 is 10.4 Å². The molecule has 1 amide bonds. The van der Waals surface area contributed by atoms with Gasteiger partial charge in [-0.25, -0.2) is 4.39 Å². The second-order valence-corrected chi connectivity index (χ2v) is 4.88. The first-order valence-corrected chi connectivity index (χ1v) is 6.35. The van der Waals surface area contributed by atoms with Crippen LogP contribution in [0.15, 0.2) is 24.3 Å². The molecule has 0 spiro atoms. The number of hydrogen-bond acceptors (Lipinski definition) is 2. The van der Waals surface area contributed by atoms with Crippen molar-refractivity contribution < 1.29 is 19.1 Å². The number of benzene rings is 1. The molecule has 4 nitrogen and oxygen atoms in total. The van der Waals surface area contributed by atoms with Crippen molar-refractivity contribution in [3.63, 3.8) is 0 Å². The minimum atomic E-state index is -0.815. The fourth-order valence-corrected chi connectivity index (χ4v) is 2.44. The van der Waals surface area contributed by atoms with Crippen molar-refractivity contribution in [1.82, 2.24) is 5.32 Å². The number of carboxylic acids is 1. The number of hydrogen-bond donors (Lipinski definition) is 2. The van der Waals surface area contributed by atoms with Gasteiger partial charge in [0.05, 0.1) is 5.92 Å². The highest BCUT2D eigenvalue weighted by atomic mass is 19.1. The van der Waals surface area contributed by atoms with Crippen LogP contribution in [0.5, 0.6) is 0 Å². The third kappa shape index (κ3) is 3.53. The van der Waals surface area contributed by atoms with Crippen molar-refractivity contribution in [2.45, 2.75) is 31.7 Å². The second kappa shape index (κ2) is 5.82. The molecule has 102 valence electrons. The highest BCUT2D eigenvalue weighted by Gasteiger charge is 2.27. The summed E-state index contributed by atoms with van der Waals surface area (Å²) in [6.07, 6.45) is 2.65. The van der Waals surface area contributed by atoms with Gasteiger partial charge in [0.25, 0.3) is 5.91 Å². The monoisotopic (exact) mass is 265 g/mol. The van der Waals surface area contributed by atoms with Crippen LogP contribution < -0.4 is 5.32 Å². The van der Waals surface area contributed by atoms with Gasteiger partial charge >= 0.3 is 5.97 Å². The molecule has 1 aromatic carbocycles. The van der Waals surface area contributed by atoms with E-state index in [2.05, 4.69) is 5.32 Å². The average molecular weight is 265 g/mol. The molecule has 1 fully saturated rings. The first-order valence-electron chi connectivity index (χ1n) is 6.35. The van der Waals surface area contributed by atoms with Gasteiger partial charge in [-0.1, -0.05) is 12.5 Å². The fraction of sp³-hybridized carbons (Fsp3) is 0.429. The lowest BCUT2D eigenvalue weighted by Crippen LogP contribution is -2.39. The molecule has 0 bridgehead atoms. The largest absolute Gasteiger partial charge is 0.481 e. The maximum atomic E-state index is 13.0. The molecule has 5 heteroatoms. The quantitative estimate of drug-likeness (QED) is 0.880. The van der Waals surface area contributed by atoms with E-state index in [1.807, 2.05) is 0 Å². The van der Waals surface area contributed by atoms with E-state index in [1.54, 1.807) is 0 Å². The summed E-state index contributed by atoms with van der Waals surface area (Å²) in [5.41, 5.74) is 0.262. The Labute approximate surface area is 110 Å². The highest BCUT2D eigenvalue weighted by molar-refractivity contribution is 5.94. The summed E-state index contributed by atoms with van der Waals surface area (Å²) in [4.78, 5) is 22.9. The Bertz CT molecular complexity index is 489. The van der Waals surface area contributed by atoms with Crippen LogP contribution in [0, 0.1) is 11.7 Å². The number of halogens is 1. The van der Waals surface area contributed by atoms with Crippen LogP contribution in [0.2, 0.25) is 0 Å². The summed E-state index contributed by atoms with van der Waals surface area (Å²) in [6, 6.07) is 5.32. The predicted octanol–water partition coefficient (Wildman–Crippen LogP) is 2.20. The Morgan fingerprint density at radius 1 is 1.32 bits per heavy atom. The standard InChI is InChI=1S/C14H16FNO3/c15-11-5-1-3-9(7-11)13(17)16-12-6-2-4-10(8-12)14(18)19/h1,3,5,7,10,12H,2,4,6,8H2,(H,16,17)(H,18,19). The SMILES string of the molecule is O=C(NC1CCCC(C(=O)O)C1)c1cccc(F)c1. The molecule has 0 saturated heterocycles.